The SMILES string of the molecule is [C-]#[N+]c1ccc(-c2cccc3c2-c2cc(-c4ccc(-c5nc(-c6ccccc6)nc(-c6ccccc6)n5)cc4)ccc2C32C3CC4CC(C3)CC2C4)cc1. The largest absolute Gasteiger partial charge is 0.238 e. The highest BCUT2D eigenvalue weighted by Gasteiger charge is 2.61. The fourth-order valence-corrected chi connectivity index (χ4v) is 11.1. The number of aromatic nitrogens is 3. The van der Waals surface area contributed by atoms with Crippen LogP contribution in [0, 0.1) is 30.2 Å². The summed E-state index contributed by atoms with van der Waals surface area (Å²) in [5.74, 6) is 5.17. The van der Waals surface area contributed by atoms with Gasteiger partial charge in [-0.3, -0.25) is 0 Å². The Hall–Kier alpha value is -6.18. The van der Waals surface area contributed by atoms with E-state index >= 15 is 0 Å². The van der Waals surface area contributed by atoms with Crippen molar-refractivity contribution in [2.45, 2.75) is 37.5 Å². The molecule has 0 radical (unpaired) electrons. The summed E-state index contributed by atoms with van der Waals surface area (Å²) in [5, 5.41) is 0. The van der Waals surface area contributed by atoms with Crippen LogP contribution in [0.1, 0.15) is 43.2 Å². The third-order valence-electron chi connectivity index (χ3n) is 13.2. The van der Waals surface area contributed by atoms with Gasteiger partial charge in [0, 0.05) is 22.1 Å². The van der Waals surface area contributed by atoms with Gasteiger partial charge in [-0.25, -0.2) is 19.8 Å². The fourth-order valence-electron chi connectivity index (χ4n) is 11.1. The van der Waals surface area contributed by atoms with Crippen molar-refractivity contribution < 1.29 is 0 Å². The Balaban J connectivity index is 1.03. The highest BCUT2D eigenvalue weighted by Crippen LogP contribution is 2.70. The number of benzene rings is 6. The molecule has 5 aliphatic rings. The second-order valence-corrected chi connectivity index (χ2v) is 15.9. The highest BCUT2D eigenvalue weighted by molar-refractivity contribution is 5.95. The van der Waals surface area contributed by atoms with Gasteiger partial charge in [-0.15, -0.1) is 0 Å². The van der Waals surface area contributed by atoms with Gasteiger partial charge < -0.3 is 0 Å². The number of hydrogen-bond donors (Lipinski definition) is 0. The summed E-state index contributed by atoms with van der Waals surface area (Å²) in [6.45, 7) is 7.53. The molecule has 0 aliphatic heterocycles. The van der Waals surface area contributed by atoms with Crippen LogP contribution in [-0.4, -0.2) is 15.0 Å². The van der Waals surface area contributed by atoms with Crippen LogP contribution in [0.25, 0.3) is 72.4 Å². The van der Waals surface area contributed by atoms with E-state index in [0.717, 1.165) is 28.5 Å². The number of rotatable bonds is 5. The molecule has 7 aromatic rings. The molecule has 1 heterocycles. The van der Waals surface area contributed by atoms with Crippen molar-refractivity contribution in [3.8, 4) is 67.5 Å². The van der Waals surface area contributed by atoms with Crippen molar-refractivity contribution in [1.82, 2.24) is 15.0 Å². The first kappa shape index (κ1) is 31.4. The van der Waals surface area contributed by atoms with Gasteiger partial charge in [-0.2, -0.15) is 0 Å². The summed E-state index contributed by atoms with van der Waals surface area (Å²) in [4.78, 5) is 18.5. The second-order valence-electron chi connectivity index (χ2n) is 15.9. The van der Waals surface area contributed by atoms with Crippen LogP contribution in [0.3, 0.4) is 0 Å². The lowest BCUT2D eigenvalue weighted by atomic mass is 9.43. The molecule has 1 aromatic heterocycles. The Morgan fingerprint density at radius 1 is 0.444 bits per heavy atom. The summed E-state index contributed by atoms with van der Waals surface area (Å²) in [7, 11) is 0. The molecule has 4 fully saturated rings. The predicted octanol–water partition coefficient (Wildman–Crippen LogP) is 12.5. The van der Waals surface area contributed by atoms with Crippen LogP contribution in [0.15, 0.2) is 146 Å². The zero-order chi connectivity index (χ0) is 35.8. The van der Waals surface area contributed by atoms with E-state index in [2.05, 4.69) is 77.6 Å². The van der Waals surface area contributed by atoms with Gasteiger partial charge in [0.15, 0.2) is 23.2 Å². The Labute approximate surface area is 316 Å². The highest BCUT2D eigenvalue weighted by atomic mass is 15.0. The molecule has 258 valence electrons. The van der Waals surface area contributed by atoms with Crippen molar-refractivity contribution in [2.75, 3.05) is 0 Å². The van der Waals surface area contributed by atoms with Gasteiger partial charge in [-0.1, -0.05) is 140 Å². The molecule has 0 amide bonds. The summed E-state index contributed by atoms with van der Waals surface area (Å²) in [6.07, 6.45) is 6.86. The Morgan fingerprint density at radius 3 is 1.54 bits per heavy atom. The zero-order valence-corrected chi connectivity index (χ0v) is 30.0. The summed E-state index contributed by atoms with van der Waals surface area (Å²) < 4.78 is 0. The van der Waals surface area contributed by atoms with Crippen LogP contribution >= 0.6 is 0 Å². The van der Waals surface area contributed by atoms with E-state index in [4.69, 9.17) is 21.5 Å². The topological polar surface area (TPSA) is 43.0 Å². The lowest BCUT2D eigenvalue weighted by molar-refractivity contribution is -0.0399. The van der Waals surface area contributed by atoms with E-state index in [1.807, 2.05) is 72.8 Å². The molecule has 4 saturated carbocycles. The zero-order valence-electron chi connectivity index (χ0n) is 30.0. The van der Waals surface area contributed by atoms with Gasteiger partial charge in [-0.05, 0) is 106 Å². The van der Waals surface area contributed by atoms with Gasteiger partial charge in [0.05, 0.1) is 6.57 Å². The predicted molar refractivity (Wildman–Crippen MR) is 217 cm³/mol. The molecule has 4 nitrogen and oxygen atoms in total. The van der Waals surface area contributed by atoms with E-state index < -0.39 is 0 Å². The summed E-state index contributed by atoms with van der Waals surface area (Å²) in [6, 6.07) is 51.6. The van der Waals surface area contributed by atoms with Crippen LogP contribution < -0.4 is 0 Å². The normalized spacial score (nSPS) is 22.9. The molecular weight excluding hydrogens is 657 g/mol. The molecule has 0 unspecified atom stereocenters. The molecule has 1 spiro atoms. The fraction of sp³-hybridized carbons (Fsp3) is 0.200. The number of hydrogen-bond acceptors (Lipinski definition) is 3. The first-order valence-electron chi connectivity index (χ1n) is 19.4. The van der Waals surface area contributed by atoms with Crippen LogP contribution in [-0.2, 0) is 5.41 Å². The van der Waals surface area contributed by atoms with Crippen molar-refractivity contribution in [2.24, 2.45) is 23.7 Å². The molecule has 4 bridgehead atoms. The molecule has 6 aromatic carbocycles. The minimum atomic E-state index is 0.0819. The van der Waals surface area contributed by atoms with Crippen LogP contribution in [0.4, 0.5) is 5.69 Å². The van der Waals surface area contributed by atoms with E-state index in [9.17, 15) is 0 Å². The van der Waals surface area contributed by atoms with E-state index in [1.54, 1.807) is 11.1 Å². The van der Waals surface area contributed by atoms with E-state index in [1.165, 1.54) is 65.5 Å². The standard InChI is InChI=1S/C50H38N4/c1-51-41-22-19-34(20-23-41)42-13-8-14-45-46(42)43-30-38(21-24-44(43)50(45)39-26-31-25-32(28-39)29-40(50)27-31)33-15-17-37(18-16-33)49-53-47(35-9-4-2-5-10-35)52-48(54-49)36-11-6-3-7-12-36/h2-24,30-32,39-40H,25-29H2. The number of fused-ring (bicyclic) bond motifs is 3. The third-order valence-corrected chi connectivity index (χ3v) is 13.2. The van der Waals surface area contributed by atoms with Crippen molar-refractivity contribution >= 4 is 5.69 Å². The Bertz CT molecular complexity index is 2520. The molecule has 0 atom stereocenters. The van der Waals surface area contributed by atoms with Gasteiger partial charge >= 0.3 is 0 Å². The molecule has 12 rings (SSSR count). The first-order valence-corrected chi connectivity index (χ1v) is 19.4. The Kier molecular flexibility index (Phi) is 7.07. The van der Waals surface area contributed by atoms with Gasteiger partial charge in [0.2, 0.25) is 0 Å². The smallest absolute Gasteiger partial charge is 0.187 e. The average Bonchev–Trinajstić information content (AvgIpc) is 3.53. The number of nitrogens with zero attached hydrogens (tertiary/aromatic N) is 4. The molecule has 4 heteroatoms. The summed E-state index contributed by atoms with van der Waals surface area (Å²) in [5.41, 5.74) is 14.4. The summed E-state index contributed by atoms with van der Waals surface area (Å²) >= 11 is 0. The van der Waals surface area contributed by atoms with Gasteiger partial charge in [0.25, 0.3) is 0 Å². The van der Waals surface area contributed by atoms with Crippen molar-refractivity contribution in [3.63, 3.8) is 0 Å². The molecule has 0 saturated heterocycles. The monoisotopic (exact) mass is 694 g/mol. The van der Waals surface area contributed by atoms with Gasteiger partial charge in [0.1, 0.15) is 0 Å². The lowest BCUT2D eigenvalue weighted by Crippen LogP contribution is -2.55. The third kappa shape index (κ3) is 4.78. The maximum absolute atomic E-state index is 7.53. The quantitative estimate of drug-likeness (QED) is 0.168. The van der Waals surface area contributed by atoms with Crippen molar-refractivity contribution in [1.29, 1.82) is 0 Å². The molecule has 54 heavy (non-hydrogen) atoms. The molecule has 0 N–H and O–H groups in total. The maximum atomic E-state index is 7.53. The van der Waals surface area contributed by atoms with Crippen LogP contribution in [0.2, 0.25) is 0 Å². The average molecular weight is 695 g/mol. The van der Waals surface area contributed by atoms with E-state index in [-0.39, 0.29) is 5.41 Å². The maximum Gasteiger partial charge on any atom is 0.187 e. The first-order chi connectivity index (χ1) is 26.7. The second kappa shape index (κ2) is 12.2. The lowest BCUT2D eigenvalue weighted by Gasteiger charge is -2.61. The van der Waals surface area contributed by atoms with Crippen molar-refractivity contribution in [3.05, 3.63) is 168 Å². The minimum Gasteiger partial charge on any atom is -0.238 e. The molecular formula is C50H38N4. The van der Waals surface area contributed by atoms with Crippen LogP contribution in [0.5, 0.6) is 0 Å². The van der Waals surface area contributed by atoms with E-state index in [0.29, 0.717) is 35.0 Å². The minimum absolute atomic E-state index is 0.0819. The molecule has 5 aliphatic carbocycles. The Morgan fingerprint density at radius 2 is 0.963 bits per heavy atom.